The Kier molecular flexibility index (Phi) is 4.55. The molecule has 0 unspecified atom stereocenters. The van der Waals surface area contributed by atoms with E-state index in [4.69, 9.17) is 4.74 Å². The van der Waals surface area contributed by atoms with Crippen LogP contribution in [-0.2, 0) is 4.74 Å². The van der Waals surface area contributed by atoms with E-state index in [1.165, 1.54) is 5.56 Å². The van der Waals surface area contributed by atoms with Gasteiger partial charge in [-0.2, -0.15) is 0 Å². The Balaban J connectivity index is 1.73. The van der Waals surface area contributed by atoms with E-state index in [1.54, 1.807) is 0 Å². The van der Waals surface area contributed by atoms with Gasteiger partial charge < -0.3 is 15.4 Å². The van der Waals surface area contributed by atoms with Crippen LogP contribution in [0.5, 0.6) is 0 Å². The molecule has 0 atom stereocenters. The molecule has 18 heavy (non-hydrogen) atoms. The largest absolute Gasteiger partial charge is 0.379 e. The van der Waals surface area contributed by atoms with Crippen LogP contribution in [-0.4, -0.2) is 43.9 Å². The van der Waals surface area contributed by atoms with E-state index in [9.17, 15) is 4.79 Å². The summed E-state index contributed by atoms with van der Waals surface area (Å²) >= 11 is 0. The Hall–Kier alpha value is -1.59. The molecule has 0 radical (unpaired) electrons. The second kappa shape index (κ2) is 6.37. The molecule has 5 nitrogen and oxygen atoms in total. The van der Waals surface area contributed by atoms with Gasteiger partial charge in [-0.15, -0.1) is 0 Å². The highest BCUT2D eigenvalue weighted by Crippen LogP contribution is 2.08. The van der Waals surface area contributed by atoms with Crippen molar-refractivity contribution >= 4 is 11.7 Å². The number of anilines is 1. The molecule has 2 rings (SSSR count). The van der Waals surface area contributed by atoms with Crippen molar-refractivity contribution in [3.05, 3.63) is 29.8 Å². The van der Waals surface area contributed by atoms with Gasteiger partial charge in [0.2, 0.25) is 0 Å². The minimum Gasteiger partial charge on any atom is -0.379 e. The van der Waals surface area contributed by atoms with E-state index in [0.717, 1.165) is 32.0 Å². The van der Waals surface area contributed by atoms with Crippen LogP contribution >= 0.6 is 0 Å². The summed E-state index contributed by atoms with van der Waals surface area (Å²) in [4.78, 5) is 13.8. The fourth-order valence-electron chi connectivity index (χ4n) is 1.76. The van der Waals surface area contributed by atoms with Gasteiger partial charge >= 0.3 is 6.03 Å². The lowest BCUT2D eigenvalue weighted by atomic mass is 10.2. The molecule has 1 aromatic carbocycles. The van der Waals surface area contributed by atoms with Crippen molar-refractivity contribution in [1.29, 1.82) is 0 Å². The van der Waals surface area contributed by atoms with Crippen LogP contribution in [0, 0.1) is 6.92 Å². The molecule has 5 heteroatoms. The predicted octanol–water partition coefficient (Wildman–Crippen LogP) is 1.41. The maximum Gasteiger partial charge on any atom is 0.320 e. The minimum atomic E-state index is -0.176. The lowest BCUT2D eigenvalue weighted by Gasteiger charge is -2.26. The van der Waals surface area contributed by atoms with Crippen molar-refractivity contribution in [3.63, 3.8) is 0 Å². The monoisotopic (exact) mass is 249 g/mol. The summed E-state index contributed by atoms with van der Waals surface area (Å²) in [7, 11) is 0. The second-order valence-electron chi connectivity index (χ2n) is 4.39. The first-order chi connectivity index (χ1) is 8.74. The molecule has 1 saturated heterocycles. The molecule has 0 bridgehead atoms. The number of hydrogen-bond donors (Lipinski definition) is 2. The van der Waals surface area contributed by atoms with Gasteiger partial charge in [0, 0.05) is 18.8 Å². The molecule has 98 valence electrons. The van der Waals surface area contributed by atoms with E-state index >= 15 is 0 Å². The SMILES string of the molecule is Cc1ccc(NC(=O)NCN2CCOCC2)cc1. The third-order valence-electron chi connectivity index (χ3n) is 2.88. The van der Waals surface area contributed by atoms with Gasteiger partial charge in [0.05, 0.1) is 19.9 Å². The standard InChI is InChI=1S/C13H19N3O2/c1-11-2-4-12(5-3-11)15-13(17)14-10-16-6-8-18-9-7-16/h2-5H,6-10H2,1H3,(H2,14,15,17). The van der Waals surface area contributed by atoms with Gasteiger partial charge in [0.1, 0.15) is 0 Å². The van der Waals surface area contributed by atoms with E-state index in [2.05, 4.69) is 15.5 Å². The summed E-state index contributed by atoms with van der Waals surface area (Å²) in [6, 6.07) is 7.55. The number of amides is 2. The van der Waals surface area contributed by atoms with Gasteiger partial charge in [0.15, 0.2) is 0 Å². The van der Waals surface area contributed by atoms with E-state index in [-0.39, 0.29) is 6.03 Å². The molecule has 1 aliphatic heterocycles. The molecule has 1 fully saturated rings. The number of benzene rings is 1. The molecule has 0 saturated carbocycles. The Morgan fingerprint density at radius 3 is 2.61 bits per heavy atom. The second-order valence-corrected chi connectivity index (χ2v) is 4.39. The molecule has 2 N–H and O–H groups in total. The average Bonchev–Trinajstić information content (AvgIpc) is 2.40. The first-order valence-corrected chi connectivity index (χ1v) is 6.16. The summed E-state index contributed by atoms with van der Waals surface area (Å²) in [6.07, 6.45) is 0. The third kappa shape index (κ3) is 4.01. The van der Waals surface area contributed by atoms with Crippen LogP contribution in [0.2, 0.25) is 0 Å². The normalized spacial score (nSPS) is 16.3. The number of aryl methyl sites for hydroxylation is 1. The summed E-state index contributed by atoms with van der Waals surface area (Å²) in [5.74, 6) is 0. The maximum atomic E-state index is 11.7. The number of carbonyl (C=O) groups excluding carboxylic acids is 1. The number of morpholine rings is 1. The van der Waals surface area contributed by atoms with Gasteiger partial charge in [-0.05, 0) is 19.1 Å². The number of nitrogens with one attached hydrogen (secondary N) is 2. The predicted molar refractivity (Wildman–Crippen MR) is 70.6 cm³/mol. The number of rotatable bonds is 3. The van der Waals surface area contributed by atoms with Gasteiger partial charge in [-0.3, -0.25) is 4.90 Å². The topological polar surface area (TPSA) is 53.6 Å². The Morgan fingerprint density at radius 2 is 1.94 bits per heavy atom. The summed E-state index contributed by atoms with van der Waals surface area (Å²) in [6.45, 7) is 5.78. The Bertz CT molecular complexity index is 386. The molecule has 0 spiro atoms. The molecular formula is C13H19N3O2. The fraction of sp³-hybridized carbons (Fsp3) is 0.462. The first-order valence-electron chi connectivity index (χ1n) is 6.16. The van der Waals surface area contributed by atoms with Crippen molar-refractivity contribution in [3.8, 4) is 0 Å². The van der Waals surface area contributed by atoms with Gasteiger partial charge in [-0.25, -0.2) is 4.79 Å². The highest BCUT2D eigenvalue weighted by molar-refractivity contribution is 5.89. The average molecular weight is 249 g/mol. The smallest absolute Gasteiger partial charge is 0.320 e. The lowest BCUT2D eigenvalue weighted by Crippen LogP contribution is -2.44. The van der Waals surface area contributed by atoms with E-state index in [1.807, 2.05) is 31.2 Å². The Labute approximate surface area is 107 Å². The molecule has 1 heterocycles. The number of nitrogens with zero attached hydrogens (tertiary/aromatic N) is 1. The lowest BCUT2D eigenvalue weighted by molar-refractivity contribution is 0.0358. The highest BCUT2D eigenvalue weighted by Gasteiger charge is 2.10. The molecule has 0 aliphatic carbocycles. The quantitative estimate of drug-likeness (QED) is 0.851. The summed E-state index contributed by atoms with van der Waals surface area (Å²) < 4.78 is 5.24. The van der Waals surface area contributed by atoms with Gasteiger partial charge in [0.25, 0.3) is 0 Å². The van der Waals surface area contributed by atoms with Crippen molar-refractivity contribution in [2.45, 2.75) is 6.92 Å². The summed E-state index contributed by atoms with van der Waals surface area (Å²) in [5, 5.41) is 5.64. The third-order valence-corrected chi connectivity index (χ3v) is 2.88. The first kappa shape index (κ1) is 12.9. The highest BCUT2D eigenvalue weighted by atomic mass is 16.5. The van der Waals surface area contributed by atoms with Crippen LogP contribution in [0.15, 0.2) is 24.3 Å². The number of hydrogen-bond acceptors (Lipinski definition) is 3. The van der Waals surface area contributed by atoms with Crippen LogP contribution < -0.4 is 10.6 Å². The summed E-state index contributed by atoms with van der Waals surface area (Å²) in [5.41, 5.74) is 1.98. The number of urea groups is 1. The molecule has 1 aliphatic rings. The van der Waals surface area contributed by atoms with Crippen molar-refractivity contribution in [2.24, 2.45) is 0 Å². The van der Waals surface area contributed by atoms with E-state index in [0.29, 0.717) is 6.67 Å². The van der Waals surface area contributed by atoms with E-state index < -0.39 is 0 Å². The number of ether oxygens (including phenoxy) is 1. The van der Waals surface area contributed by atoms with Crippen molar-refractivity contribution in [2.75, 3.05) is 38.3 Å². The minimum absolute atomic E-state index is 0.176. The maximum absolute atomic E-state index is 11.7. The van der Waals surface area contributed by atoms with Crippen LogP contribution in [0.4, 0.5) is 10.5 Å². The van der Waals surface area contributed by atoms with Crippen molar-refractivity contribution in [1.82, 2.24) is 10.2 Å². The van der Waals surface area contributed by atoms with Crippen LogP contribution in [0.25, 0.3) is 0 Å². The molecule has 1 aromatic rings. The van der Waals surface area contributed by atoms with Crippen LogP contribution in [0.1, 0.15) is 5.56 Å². The zero-order valence-electron chi connectivity index (χ0n) is 10.6. The molecule has 2 amide bonds. The Morgan fingerprint density at radius 1 is 1.28 bits per heavy atom. The van der Waals surface area contributed by atoms with Gasteiger partial charge in [-0.1, -0.05) is 17.7 Å². The zero-order valence-corrected chi connectivity index (χ0v) is 10.6. The number of carbonyl (C=O) groups is 1. The zero-order chi connectivity index (χ0) is 12.8. The molecule has 0 aromatic heterocycles. The fourth-order valence-corrected chi connectivity index (χ4v) is 1.76. The van der Waals surface area contributed by atoms with Crippen molar-refractivity contribution < 1.29 is 9.53 Å². The van der Waals surface area contributed by atoms with Crippen LogP contribution in [0.3, 0.4) is 0 Å². The molecular weight excluding hydrogens is 230 g/mol.